The molecule has 0 spiro atoms. The van der Waals surface area contributed by atoms with Gasteiger partial charge >= 0.3 is 48.0 Å². The number of epoxide rings is 1. The molecule has 0 N–H and O–H groups in total. The molecule has 1 atom stereocenters. The third-order valence-electron chi connectivity index (χ3n) is 2.88. The Hall–Kier alpha value is -1.09. The van der Waals surface area contributed by atoms with Crippen LogP contribution in [0.3, 0.4) is 0 Å². The van der Waals surface area contributed by atoms with Crippen LogP contribution in [-0.4, -0.2) is 48.0 Å². The molecular weight excluding hydrogens is 397 g/mol. The summed E-state index contributed by atoms with van der Waals surface area (Å²) in [4.78, 5) is 0. The molecule has 1 heterocycles. The van der Waals surface area contributed by atoms with Crippen LogP contribution in [0.5, 0.6) is 0 Å². The monoisotopic (exact) mass is 398 g/mol. The molecule has 1 nitrogen and oxygen atoms in total. The van der Waals surface area contributed by atoms with Gasteiger partial charge in [0.25, 0.3) is 0 Å². The maximum Gasteiger partial charge on any atom is 0.424 e. The van der Waals surface area contributed by atoms with Crippen molar-refractivity contribution in [2.45, 2.75) is 48.0 Å². The predicted octanol–water partition coefficient (Wildman–Crippen LogP) is 4.72. The number of hydrogen-bond acceptors (Lipinski definition) is 1. The average Bonchev–Trinajstić information content (AvgIpc) is 2.89. The molecule has 0 saturated carbocycles. The molecule has 0 amide bonds. The summed E-state index contributed by atoms with van der Waals surface area (Å²) in [6.45, 7) is 0. The van der Waals surface area contributed by atoms with Crippen LogP contribution in [0.1, 0.15) is 0 Å². The Morgan fingerprint density at radius 3 is 1.21 bits per heavy atom. The van der Waals surface area contributed by atoms with Gasteiger partial charge in [0.15, 0.2) is 0 Å². The lowest BCUT2D eigenvalue weighted by atomic mass is 9.92. The van der Waals surface area contributed by atoms with Crippen LogP contribution in [-0.2, 0) is 4.74 Å². The highest BCUT2D eigenvalue weighted by molar-refractivity contribution is 5.17. The Bertz CT molecular complexity index is 483. The van der Waals surface area contributed by atoms with E-state index in [-0.39, 0.29) is 0 Å². The summed E-state index contributed by atoms with van der Waals surface area (Å²) in [6.07, 6.45) is -11.6. The zero-order valence-corrected chi connectivity index (χ0v) is 10.2. The van der Waals surface area contributed by atoms with Crippen LogP contribution >= 0.6 is 0 Å². The van der Waals surface area contributed by atoms with E-state index in [1.807, 2.05) is 0 Å². The van der Waals surface area contributed by atoms with E-state index in [9.17, 15) is 65.9 Å². The highest BCUT2D eigenvalue weighted by Gasteiger charge is 2.99. The summed E-state index contributed by atoms with van der Waals surface area (Å²) in [5.74, 6) is -45.0. The van der Waals surface area contributed by atoms with Gasteiger partial charge in [0.1, 0.15) is 0 Å². The smallest absolute Gasteiger partial charge is 0.265 e. The normalized spacial score (nSPS) is 26.0. The van der Waals surface area contributed by atoms with Crippen molar-refractivity contribution in [3.8, 4) is 0 Å². The molecule has 1 aliphatic heterocycles. The van der Waals surface area contributed by atoms with Gasteiger partial charge in [-0.1, -0.05) is 0 Å². The molecule has 1 aliphatic rings. The molecular formula is C8HF15O. The molecule has 144 valence electrons. The summed E-state index contributed by atoms with van der Waals surface area (Å²) in [6, 6.07) is 0. The van der Waals surface area contributed by atoms with Crippen molar-refractivity contribution in [3.63, 3.8) is 0 Å². The first-order valence-corrected chi connectivity index (χ1v) is 5.09. The number of halogens is 15. The molecule has 0 radical (unpaired) electrons. The molecule has 0 unspecified atom stereocenters. The Balaban J connectivity index is 3.45. The number of rotatable bonds is 6. The first-order valence-electron chi connectivity index (χ1n) is 5.09. The van der Waals surface area contributed by atoms with Crippen LogP contribution in [0, 0.1) is 0 Å². The highest BCUT2D eigenvalue weighted by Crippen LogP contribution is 2.68. The topological polar surface area (TPSA) is 12.5 Å². The van der Waals surface area contributed by atoms with Crippen molar-refractivity contribution in [3.05, 3.63) is 0 Å². The lowest BCUT2D eigenvalue weighted by molar-refractivity contribution is -0.424. The SMILES string of the molecule is FC(F)C(F)(F)C(F)(F)C(F)(F)C(F)(F)C(F)(F)[C@]1(F)OC1(F)F. The Labute approximate surface area is 120 Å². The van der Waals surface area contributed by atoms with E-state index in [1.54, 1.807) is 0 Å². The second-order valence-corrected chi connectivity index (χ2v) is 4.44. The van der Waals surface area contributed by atoms with Crippen molar-refractivity contribution in [1.29, 1.82) is 0 Å². The fraction of sp³-hybridized carbons (Fsp3) is 1.00. The van der Waals surface area contributed by atoms with Gasteiger partial charge in [-0.15, -0.1) is 0 Å². The van der Waals surface area contributed by atoms with E-state index in [2.05, 4.69) is 4.74 Å². The zero-order valence-electron chi connectivity index (χ0n) is 10.2. The maximum atomic E-state index is 12.9. The van der Waals surface area contributed by atoms with E-state index < -0.39 is 48.0 Å². The first-order chi connectivity index (χ1) is 10.2. The quantitative estimate of drug-likeness (QED) is 0.466. The molecule has 24 heavy (non-hydrogen) atoms. The summed E-state index contributed by atoms with van der Waals surface area (Å²) >= 11 is 0. The van der Waals surface area contributed by atoms with E-state index in [0.29, 0.717) is 0 Å². The molecule has 0 bridgehead atoms. The molecule has 0 aromatic heterocycles. The highest BCUT2D eigenvalue weighted by atomic mass is 19.4. The second-order valence-electron chi connectivity index (χ2n) is 4.44. The van der Waals surface area contributed by atoms with E-state index in [0.717, 1.165) is 0 Å². The largest absolute Gasteiger partial charge is 0.424 e. The molecule has 0 aromatic rings. The van der Waals surface area contributed by atoms with Crippen LogP contribution in [0.2, 0.25) is 0 Å². The third kappa shape index (κ3) is 2.09. The standard InChI is InChI=1S/C8HF15O/c9-1(10)2(11,12)3(13,14)4(15,16)5(17,18)6(19,20)7(21)8(22,23)24-7/h1H/t7-/m0/s1. The molecule has 0 aliphatic carbocycles. The summed E-state index contributed by atoms with van der Waals surface area (Å²) in [7, 11) is 0. The number of ether oxygens (including phenoxy) is 1. The Morgan fingerprint density at radius 1 is 0.625 bits per heavy atom. The minimum absolute atomic E-state index is 2.14. The Morgan fingerprint density at radius 2 is 0.958 bits per heavy atom. The zero-order chi connectivity index (χ0) is 19.8. The third-order valence-corrected chi connectivity index (χ3v) is 2.88. The van der Waals surface area contributed by atoms with Crippen molar-refractivity contribution < 1.29 is 70.6 Å². The van der Waals surface area contributed by atoms with Gasteiger partial charge < -0.3 is 0 Å². The van der Waals surface area contributed by atoms with Gasteiger partial charge in [0, 0.05) is 0 Å². The van der Waals surface area contributed by atoms with Gasteiger partial charge in [-0.05, 0) is 0 Å². The molecule has 1 fully saturated rings. The van der Waals surface area contributed by atoms with Crippen LogP contribution < -0.4 is 0 Å². The fourth-order valence-electron chi connectivity index (χ4n) is 1.34. The van der Waals surface area contributed by atoms with E-state index in [1.165, 1.54) is 0 Å². The second kappa shape index (κ2) is 4.75. The van der Waals surface area contributed by atoms with Gasteiger partial charge in [-0.2, -0.15) is 57.1 Å². The van der Waals surface area contributed by atoms with Gasteiger partial charge in [-0.25, -0.2) is 8.78 Å². The van der Waals surface area contributed by atoms with Crippen molar-refractivity contribution in [1.82, 2.24) is 0 Å². The summed E-state index contributed by atoms with van der Waals surface area (Å²) in [5, 5.41) is 0. The average molecular weight is 398 g/mol. The lowest BCUT2D eigenvalue weighted by Gasteiger charge is -2.39. The minimum atomic E-state index is -8.09. The summed E-state index contributed by atoms with van der Waals surface area (Å²) in [5.41, 5.74) is 0. The minimum Gasteiger partial charge on any atom is -0.265 e. The molecule has 16 heteroatoms. The van der Waals surface area contributed by atoms with Crippen LogP contribution in [0.15, 0.2) is 0 Å². The van der Waals surface area contributed by atoms with E-state index in [4.69, 9.17) is 0 Å². The van der Waals surface area contributed by atoms with E-state index >= 15 is 0 Å². The first kappa shape index (κ1) is 21.0. The van der Waals surface area contributed by atoms with Crippen molar-refractivity contribution >= 4 is 0 Å². The number of alkyl halides is 15. The van der Waals surface area contributed by atoms with Gasteiger partial charge in [-0.3, -0.25) is 4.74 Å². The van der Waals surface area contributed by atoms with Crippen LogP contribution in [0.4, 0.5) is 65.9 Å². The molecule has 1 saturated heterocycles. The number of hydrogen-bond donors (Lipinski definition) is 0. The molecule has 1 rings (SSSR count). The summed E-state index contributed by atoms with van der Waals surface area (Å²) < 4.78 is 190. The fourth-order valence-corrected chi connectivity index (χ4v) is 1.34. The van der Waals surface area contributed by atoms with Crippen LogP contribution in [0.25, 0.3) is 0 Å². The van der Waals surface area contributed by atoms with Gasteiger partial charge in [0.2, 0.25) is 0 Å². The Kier molecular flexibility index (Phi) is 4.15. The molecule has 0 aromatic carbocycles. The van der Waals surface area contributed by atoms with Crippen molar-refractivity contribution in [2.75, 3.05) is 0 Å². The maximum absolute atomic E-state index is 12.9. The predicted molar refractivity (Wildman–Crippen MR) is 40.6 cm³/mol. The van der Waals surface area contributed by atoms with Gasteiger partial charge in [0.05, 0.1) is 0 Å². The van der Waals surface area contributed by atoms with Crippen molar-refractivity contribution in [2.24, 2.45) is 0 Å². The lowest BCUT2D eigenvalue weighted by Crippen LogP contribution is -2.71.